The van der Waals surface area contributed by atoms with Crippen LogP contribution in [0.15, 0.2) is 0 Å². The summed E-state index contributed by atoms with van der Waals surface area (Å²) in [6.07, 6.45) is 8.48. The first-order chi connectivity index (χ1) is 8.50. The van der Waals surface area contributed by atoms with Gasteiger partial charge in [-0.1, -0.05) is 32.6 Å². The molecule has 0 unspecified atom stereocenters. The summed E-state index contributed by atoms with van der Waals surface area (Å²) in [4.78, 5) is 10.0. The van der Waals surface area contributed by atoms with Crippen molar-refractivity contribution in [3.8, 4) is 0 Å². The fourth-order valence-electron chi connectivity index (χ4n) is 1.37. The SMILES string of the molecule is CC(C)(C)C(=O)O.CCCCCCCC[N+](C)(C)C. The molecule has 0 aromatic carbocycles. The van der Waals surface area contributed by atoms with E-state index >= 15 is 0 Å². The van der Waals surface area contributed by atoms with Gasteiger partial charge in [-0.3, -0.25) is 4.79 Å². The highest BCUT2D eigenvalue weighted by molar-refractivity contribution is 5.72. The second-order valence-electron chi connectivity index (χ2n) is 7.34. The van der Waals surface area contributed by atoms with Crippen LogP contribution in [0.25, 0.3) is 0 Å². The summed E-state index contributed by atoms with van der Waals surface area (Å²) in [6.45, 7) is 8.58. The zero-order chi connectivity index (χ0) is 15.5. The maximum atomic E-state index is 10.0. The number of carbonyl (C=O) groups is 1. The number of unbranched alkanes of at least 4 members (excludes halogenated alkanes) is 5. The molecule has 0 aliphatic carbocycles. The van der Waals surface area contributed by atoms with E-state index in [1.165, 1.54) is 45.1 Å². The summed E-state index contributed by atoms with van der Waals surface area (Å²) < 4.78 is 1.12. The molecule has 1 N–H and O–H groups in total. The summed E-state index contributed by atoms with van der Waals surface area (Å²) in [5.41, 5.74) is -0.583. The number of nitrogens with zero attached hydrogens (tertiary/aromatic N) is 1. The van der Waals surface area contributed by atoms with Gasteiger partial charge in [0, 0.05) is 0 Å². The average Bonchev–Trinajstić information content (AvgIpc) is 2.21. The quantitative estimate of drug-likeness (QED) is 0.559. The van der Waals surface area contributed by atoms with E-state index in [2.05, 4.69) is 28.1 Å². The second kappa shape index (κ2) is 10.2. The summed E-state index contributed by atoms with van der Waals surface area (Å²) in [5.74, 6) is -0.757. The van der Waals surface area contributed by atoms with Crippen LogP contribution >= 0.6 is 0 Å². The summed E-state index contributed by atoms with van der Waals surface area (Å²) in [6, 6.07) is 0. The van der Waals surface area contributed by atoms with Crippen molar-refractivity contribution in [2.24, 2.45) is 5.41 Å². The smallest absolute Gasteiger partial charge is 0.308 e. The van der Waals surface area contributed by atoms with Crippen LogP contribution in [0.4, 0.5) is 0 Å². The highest BCUT2D eigenvalue weighted by Crippen LogP contribution is 2.11. The van der Waals surface area contributed by atoms with Crippen LogP contribution in [0, 0.1) is 5.41 Å². The predicted octanol–water partition coefficient (Wildman–Crippen LogP) is 4.17. The highest BCUT2D eigenvalue weighted by Gasteiger charge is 2.18. The molecule has 0 aromatic heterocycles. The van der Waals surface area contributed by atoms with E-state index in [9.17, 15) is 4.79 Å². The van der Waals surface area contributed by atoms with Crippen molar-refractivity contribution in [1.82, 2.24) is 0 Å². The van der Waals surface area contributed by atoms with E-state index in [1.807, 2.05) is 0 Å². The van der Waals surface area contributed by atoms with Crippen molar-refractivity contribution in [3.05, 3.63) is 0 Å². The fraction of sp³-hybridized carbons (Fsp3) is 0.938. The van der Waals surface area contributed by atoms with Gasteiger partial charge >= 0.3 is 5.97 Å². The molecule has 116 valence electrons. The molecule has 0 spiro atoms. The van der Waals surface area contributed by atoms with E-state index in [1.54, 1.807) is 20.8 Å². The van der Waals surface area contributed by atoms with E-state index in [-0.39, 0.29) is 0 Å². The van der Waals surface area contributed by atoms with Gasteiger partial charge in [0.2, 0.25) is 0 Å². The van der Waals surface area contributed by atoms with Crippen molar-refractivity contribution in [3.63, 3.8) is 0 Å². The Labute approximate surface area is 120 Å². The molecule has 0 saturated heterocycles. The summed E-state index contributed by atoms with van der Waals surface area (Å²) in [7, 11) is 6.81. The molecule has 0 aliphatic heterocycles. The third-order valence-corrected chi connectivity index (χ3v) is 2.82. The topological polar surface area (TPSA) is 37.3 Å². The van der Waals surface area contributed by atoms with Crippen LogP contribution in [0.2, 0.25) is 0 Å². The van der Waals surface area contributed by atoms with Crippen LogP contribution in [-0.4, -0.2) is 43.2 Å². The Morgan fingerprint density at radius 2 is 1.32 bits per heavy atom. The minimum absolute atomic E-state index is 0.583. The number of hydrogen-bond acceptors (Lipinski definition) is 1. The van der Waals surface area contributed by atoms with Gasteiger partial charge in [0.15, 0.2) is 0 Å². The maximum Gasteiger partial charge on any atom is 0.308 e. The molecule has 0 amide bonds. The molecule has 3 nitrogen and oxygen atoms in total. The van der Waals surface area contributed by atoms with Crippen molar-refractivity contribution in [1.29, 1.82) is 0 Å². The number of carboxylic acid groups (broad SMARTS) is 1. The van der Waals surface area contributed by atoms with Gasteiger partial charge in [0.1, 0.15) is 0 Å². The highest BCUT2D eigenvalue weighted by atomic mass is 16.4. The molecule has 0 saturated carbocycles. The van der Waals surface area contributed by atoms with E-state index in [0.29, 0.717) is 0 Å². The van der Waals surface area contributed by atoms with Crippen molar-refractivity contribution >= 4 is 5.97 Å². The molecule has 0 fully saturated rings. The van der Waals surface area contributed by atoms with Gasteiger partial charge in [-0.25, -0.2) is 0 Å². The monoisotopic (exact) mass is 274 g/mol. The Morgan fingerprint density at radius 1 is 0.947 bits per heavy atom. The first kappa shape index (κ1) is 20.7. The van der Waals surface area contributed by atoms with Crippen LogP contribution in [0.3, 0.4) is 0 Å². The Morgan fingerprint density at radius 3 is 1.63 bits per heavy atom. The molecular weight excluding hydrogens is 238 g/mol. The molecule has 0 heterocycles. The Kier molecular flexibility index (Phi) is 11.2. The van der Waals surface area contributed by atoms with Crippen LogP contribution in [0.1, 0.15) is 66.2 Å². The zero-order valence-corrected chi connectivity index (χ0v) is 14.3. The Bertz CT molecular complexity index is 224. The van der Waals surface area contributed by atoms with E-state index < -0.39 is 11.4 Å². The van der Waals surface area contributed by atoms with Gasteiger partial charge in [-0.05, 0) is 33.6 Å². The van der Waals surface area contributed by atoms with Crippen molar-refractivity contribution < 1.29 is 14.4 Å². The van der Waals surface area contributed by atoms with Crippen LogP contribution in [-0.2, 0) is 4.79 Å². The standard InChI is InChI=1S/C11H26N.C5H10O2/c1-5-6-7-8-9-10-11-12(2,3)4;1-5(2,3)4(6)7/h5-11H2,1-4H3;1-3H3,(H,6,7)/q+1;. The molecule has 19 heavy (non-hydrogen) atoms. The molecule has 0 atom stereocenters. The van der Waals surface area contributed by atoms with E-state index in [4.69, 9.17) is 5.11 Å². The molecule has 3 heteroatoms. The largest absolute Gasteiger partial charge is 0.481 e. The minimum Gasteiger partial charge on any atom is -0.481 e. The number of aliphatic carboxylic acids is 1. The Balaban J connectivity index is 0. The molecule has 0 radical (unpaired) electrons. The van der Waals surface area contributed by atoms with E-state index in [0.717, 1.165) is 4.48 Å². The van der Waals surface area contributed by atoms with Crippen molar-refractivity contribution in [2.45, 2.75) is 66.2 Å². The number of quaternary nitrogens is 1. The van der Waals surface area contributed by atoms with Gasteiger partial charge < -0.3 is 9.59 Å². The lowest BCUT2D eigenvalue weighted by Gasteiger charge is -2.23. The minimum atomic E-state index is -0.757. The van der Waals surface area contributed by atoms with Crippen molar-refractivity contribution in [2.75, 3.05) is 27.7 Å². The summed E-state index contributed by atoms with van der Waals surface area (Å²) >= 11 is 0. The second-order valence-corrected chi connectivity index (χ2v) is 7.34. The zero-order valence-electron chi connectivity index (χ0n) is 14.3. The number of rotatable bonds is 7. The van der Waals surface area contributed by atoms with Crippen LogP contribution < -0.4 is 0 Å². The molecular formula is C16H36NO2+. The lowest BCUT2D eigenvalue weighted by atomic mass is 9.98. The molecule has 0 rings (SSSR count). The Hall–Kier alpha value is -0.570. The fourth-order valence-corrected chi connectivity index (χ4v) is 1.37. The lowest BCUT2D eigenvalue weighted by molar-refractivity contribution is -0.870. The van der Waals surface area contributed by atoms with Gasteiger partial charge in [0.25, 0.3) is 0 Å². The lowest BCUT2D eigenvalue weighted by Crippen LogP contribution is -2.35. The molecule has 0 bridgehead atoms. The van der Waals surface area contributed by atoms with Gasteiger partial charge in [-0.2, -0.15) is 0 Å². The third kappa shape index (κ3) is 19.9. The normalized spacial score (nSPS) is 11.7. The van der Waals surface area contributed by atoms with Gasteiger partial charge in [-0.15, -0.1) is 0 Å². The molecule has 0 aromatic rings. The average molecular weight is 274 g/mol. The number of carboxylic acids is 1. The van der Waals surface area contributed by atoms with Crippen LogP contribution in [0.5, 0.6) is 0 Å². The number of hydrogen-bond donors (Lipinski definition) is 1. The molecule has 0 aliphatic rings. The first-order valence-corrected chi connectivity index (χ1v) is 7.54. The maximum absolute atomic E-state index is 10.0. The summed E-state index contributed by atoms with van der Waals surface area (Å²) in [5, 5.41) is 8.25. The first-order valence-electron chi connectivity index (χ1n) is 7.54. The predicted molar refractivity (Wildman–Crippen MR) is 83.4 cm³/mol. The third-order valence-electron chi connectivity index (χ3n) is 2.82. The van der Waals surface area contributed by atoms with Gasteiger partial charge in [0.05, 0.1) is 33.1 Å².